The molecule has 126 valence electrons. The second kappa shape index (κ2) is 8.85. The van der Waals surface area contributed by atoms with Gasteiger partial charge in [-0.3, -0.25) is 9.59 Å². The molecule has 0 spiro atoms. The number of nitrogens with one attached hydrogen (secondary N) is 1. The summed E-state index contributed by atoms with van der Waals surface area (Å²) in [5.41, 5.74) is 7.31. The second-order valence-electron chi connectivity index (χ2n) is 5.45. The van der Waals surface area contributed by atoms with E-state index >= 15 is 0 Å². The van der Waals surface area contributed by atoms with E-state index in [1.165, 1.54) is 0 Å². The lowest BCUT2D eigenvalue weighted by Gasteiger charge is -2.16. The molecule has 3 N–H and O–H groups in total. The van der Waals surface area contributed by atoms with Gasteiger partial charge in [-0.2, -0.15) is 0 Å². The number of amides is 2. The SMILES string of the molecule is NC(=O)[C@H](Cc1cc(Cl)ccc1Br)NC(=O)CCc1ccccc1. The van der Waals surface area contributed by atoms with Crippen molar-refractivity contribution in [2.24, 2.45) is 5.73 Å². The maximum atomic E-state index is 12.1. The van der Waals surface area contributed by atoms with E-state index in [9.17, 15) is 9.59 Å². The molecule has 24 heavy (non-hydrogen) atoms. The zero-order valence-corrected chi connectivity index (χ0v) is 15.3. The molecule has 6 heteroatoms. The highest BCUT2D eigenvalue weighted by Gasteiger charge is 2.19. The first-order valence-electron chi connectivity index (χ1n) is 7.52. The molecule has 1 atom stereocenters. The van der Waals surface area contributed by atoms with Gasteiger partial charge in [0.05, 0.1) is 0 Å². The van der Waals surface area contributed by atoms with Crippen molar-refractivity contribution in [1.29, 1.82) is 0 Å². The topological polar surface area (TPSA) is 72.2 Å². The normalized spacial score (nSPS) is 11.8. The number of halogens is 2. The zero-order chi connectivity index (χ0) is 17.5. The number of carbonyl (C=O) groups excluding carboxylic acids is 2. The molecule has 0 saturated heterocycles. The fourth-order valence-electron chi connectivity index (χ4n) is 2.31. The Bertz CT molecular complexity index is 722. The van der Waals surface area contributed by atoms with Crippen LogP contribution in [0, 0.1) is 0 Å². The monoisotopic (exact) mass is 408 g/mol. The molecule has 2 aromatic carbocycles. The van der Waals surface area contributed by atoms with Gasteiger partial charge in [0.25, 0.3) is 0 Å². The molecule has 4 nitrogen and oxygen atoms in total. The Kier molecular flexibility index (Phi) is 6.82. The van der Waals surface area contributed by atoms with Gasteiger partial charge in [0.15, 0.2) is 0 Å². The molecule has 0 saturated carbocycles. The molecule has 2 aromatic rings. The fraction of sp³-hybridized carbons (Fsp3) is 0.222. The third-order valence-corrected chi connectivity index (χ3v) is 4.60. The minimum Gasteiger partial charge on any atom is -0.368 e. The molecular weight excluding hydrogens is 392 g/mol. The van der Waals surface area contributed by atoms with Crippen LogP contribution in [0.25, 0.3) is 0 Å². The van der Waals surface area contributed by atoms with Crippen LogP contribution in [0.4, 0.5) is 0 Å². The lowest BCUT2D eigenvalue weighted by atomic mass is 10.0. The third kappa shape index (κ3) is 5.65. The number of hydrogen-bond donors (Lipinski definition) is 2. The Morgan fingerprint density at radius 2 is 1.88 bits per heavy atom. The van der Waals surface area contributed by atoms with E-state index < -0.39 is 11.9 Å². The van der Waals surface area contributed by atoms with Gasteiger partial charge in [-0.05, 0) is 35.7 Å². The highest BCUT2D eigenvalue weighted by molar-refractivity contribution is 9.10. The first-order chi connectivity index (χ1) is 11.5. The van der Waals surface area contributed by atoms with Gasteiger partial charge in [-0.1, -0.05) is 57.9 Å². The number of carbonyl (C=O) groups is 2. The minimum atomic E-state index is -0.775. The van der Waals surface area contributed by atoms with Crippen LogP contribution in [0.2, 0.25) is 5.02 Å². The van der Waals surface area contributed by atoms with Crippen molar-refractivity contribution in [3.8, 4) is 0 Å². The van der Waals surface area contributed by atoms with Crippen molar-refractivity contribution < 1.29 is 9.59 Å². The predicted octanol–water partition coefficient (Wildman–Crippen LogP) is 3.25. The summed E-state index contributed by atoms with van der Waals surface area (Å²) in [5.74, 6) is -0.782. The summed E-state index contributed by atoms with van der Waals surface area (Å²) < 4.78 is 0.816. The summed E-state index contributed by atoms with van der Waals surface area (Å²) in [4.78, 5) is 23.8. The maximum Gasteiger partial charge on any atom is 0.240 e. The Morgan fingerprint density at radius 1 is 1.17 bits per heavy atom. The summed E-state index contributed by atoms with van der Waals surface area (Å²) in [6.45, 7) is 0. The van der Waals surface area contributed by atoms with Gasteiger partial charge in [0.2, 0.25) is 11.8 Å². The average Bonchev–Trinajstić information content (AvgIpc) is 2.56. The largest absolute Gasteiger partial charge is 0.368 e. The van der Waals surface area contributed by atoms with Crippen LogP contribution in [0.1, 0.15) is 17.5 Å². The summed E-state index contributed by atoms with van der Waals surface area (Å²) in [6, 6.07) is 14.2. The van der Waals surface area contributed by atoms with Crippen LogP contribution in [0.15, 0.2) is 53.0 Å². The lowest BCUT2D eigenvalue weighted by molar-refractivity contribution is -0.127. The third-order valence-electron chi connectivity index (χ3n) is 3.59. The van der Waals surface area contributed by atoms with E-state index in [2.05, 4.69) is 21.2 Å². The second-order valence-corrected chi connectivity index (χ2v) is 6.74. The van der Waals surface area contributed by atoms with E-state index in [0.29, 0.717) is 17.9 Å². The number of primary amides is 1. The molecule has 0 unspecified atom stereocenters. The minimum absolute atomic E-state index is 0.208. The molecule has 0 radical (unpaired) electrons. The van der Waals surface area contributed by atoms with Crippen LogP contribution >= 0.6 is 27.5 Å². The number of aryl methyl sites for hydroxylation is 1. The molecular formula is C18H18BrClN2O2. The fourth-order valence-corrected chi connectivity index (χ4v) is 2.91. The summed E-state index contributed by atoms with van der Waals surface area (Å²) in [7, 11) is 0. The van der Waals surface area contributed by atoms with E-state index in [4.69, 9.17) is 17.3 Å². The first-order valence-corrected chi connectivity index (χ1v) is 8.69. The Labute approximate surface area is 154 Å². The summed E-state index contributed by atoms with van der Waals surface area (Å²) in [5, 5.41) is 3.27. The van der Waals surface area contributed by atoms with E-state index in [-0.39, 0.29) is 12.3 Å². The van der Waals surface area contributed by atoms with Gasteiger partial charge < -0.3 is 11.1 Å². The molecule has 0 bridgehead atoms. The Morgan fingerprint density at radius 3 is 2.54 bits per heavy atom. The molecule has 0 aliphatic carbocycles. The Hall–Kier alpha value is -1.85. The van der Waals surface area contributed by atoms with Crippen LogP contribution in [-0.4, -0.2) is 17.9 Å². The van der Waals surface area contributed by atoms with Crippen LogP contribution in [-0.2, 0) is 22.4 Å². The van der Waals surface area contributed by atoms with Crippen molar-refractivity contribution in [3.63, 3.8) is 0 Å². The van der Waals surface area contributed by atoms with Crippen LogP contribution < -0.4 is 11.1 Å². The van der Waals surface area contributed by atoms with Gasteiger partial charge >= 0.3 is 0 Å². The quantitative estimate of drug-likeness (QED) is 0.737. The zero-order valence-electron chi connectivity index (χ0n) is 13.0. The number of rotatable bonds is 7. The van der Waals surface area contributed by atoms with Gasteiger partial charge in [0, 0.05) is 22.3 Å². The average molecular weight is 410 g/mol. The summed E-state index contributed by atoms with van der Waals surface area (Å²) in [6.07, 6.45) is 1.19. The highest BCUT2D eigenvalue weighted by atomic mass is 79.9. The van der Waals surface area contributed by atoms with Crippen molar-refractivity contribution in [2.75, 3.05) is 0 Å². The molecule has 0 aromatic heterocycles. The smallest absolute Gasteiger partial charge is 0.240 e. The maximum absolute atomic E-state index is 12.1. The number of benzene rings is 2. The van der Waals surface area contributed by atoms with Crippen molar-refractivity contribution in [3.05, 3.63) is 69.2 Å². The molecule has 0 aliphatic rings. The standard InChI is InChI=1S/C18H18BrClN2O2/c19-15-8-7-14(20)10-13(15)11-16(18(21)24)22-17(23)9-6-12-4-2-1-3-5-12/h1-5,7-8,10,16H,6,9,11H2,(H2,21,24)(H,22,23)/t16-/m0/s1. The van der Waals surface area contributed by atoms with Crippen LogP contribution in [0.5, 0.6) is 0 Å². The predicted molar refractivity (Wildman–Crippen MR) is 98.7 cm³/mol. The van der Waals surface area contributed by atoms with Gasteiger partial charge in [-0.25, -0.2) is 0 Å². The molecule has 0 fully saturated rings. The molecule has 0 aliphatic heterocycles. The molecule has 2 amide bonds. The van der Waals surface area contributed by atoms with Crippen molar-refractivity contribution in [2.45, 2.75) is 25.3 Å². The number of hydrogen-bond acceptors (Lipinski definition) is 2. The summed E-state index contributed by atoms with van der Waals surface area (Å²) >= 11 is 9.39. The molecule has 0 heterocycles. The van der Waals surface area contributed by atoms with E-state index in [1.54, 1.807) is 18.2 Å². The van der Waals surface area contributed by atoms with Crippen LogP contribution in [0.3, 0.4) is 0 Å². The van der Waals surface area contributed by atoms with Gasteiger partial charge in [0.1, 0.15) is 6.04 Å². The highest BCUT2D eigenvalue weighted by Crippen LogP contribution is 2.22. The van der Waals surface area contributed by atoms with E-state index in [0.717, 1.165) is 15.6 Å². The first kappa shape index (κ1) is 18.5. The van der Waals surface area contributed by atoms with E-state index in [1.807, 2.05) is 30.3 Å². The molecule has 2 rings (SSSR count). The Balaban J connectivity index is 1.96. The lowest BCUT2D eigenvalue weighted by Crippen LogP contribution is -2.46. The number of nitrogens with two attached hydrogens (primary N) is 1. The van der Waals surface area contributed by atoms with Gasteiger partial charge in [-0.15, -0.1) is 0 Å². The van der Waals surface area contributed by atoms with Crippen molar-refractivity contribution in [1.82, 2.24) is 5.32 Å². The van der Waals surface area contributed by atoms with Crippen molar-refractivity contribution >= 4 is 39.3 Å².